The molecular formula is C28H31Cl2N5O2. The van der Waals surface area contributed by atoms with E-state index >= 15 is 0 Å². The number of hydrogen-bond acceptors (Lipinski definition) is 3. The Kier molecular flexibility index (Phi) is 9.14. The highest BCUT2D eigenvalue weighted by Gasteiger charge is 2.12. The average Bonchev–Trinajstić information content (AvgIpc) is 3.50. The van der Waals surface area contributed by atoms with Crippen molar-refractivity contribution in [1.29, 1.82) is 0 Å². The number of hydrogen-bond donors (Lipinski definition) is 3. The molecule has 0 unspecified atom stereocenters. The van der Waals surface area contributed by atoms with E-state index in [9.17, 15) is 9.59 Å². The Balaban J connectivity index is 1.28. The van der Waals surface area contributed by atoms with E-state index in [1.54, 1.807) is 6.07 Å². The van der Waals surface area contributed by atoms with E-state index in [2.05, 4.69) is 44.8 Å². The van der Waals surface area contributed by atoms with Crippen LogP contribution in [0.2, 0.25) is 0 Å². The number of rotatable bonds is 12. The Bertz CT molecular complexity index is 1340. The molecule has 2 amide bonds. The first-order valence-electron chi connectivity index (χ1n) is 12.3. The van der Waals surface area contributed by atoms with Gasteiger partial charge in [-0.15, -0.1) is 23.2 Å². The van der Waals surface area contributed by atoms with Crippen LogP contribution >= 0.6 is 23.2 Å². The summed E-state index contributed by atoms with van der Waals surface area (Å²) in [6.45, 7) is 1.51. The Morgan fingerprint density at radius 2 is 1.70 bits per heavy atom. The van der Waals surface area contributed by atoms with Gasteiger partial charge in [0, 0.05) is 73.0 Å². The van der Waals surface area contributed by atoms with Crippen LogP contribution in [-0.4, -0.2) is 46.2 Å². The maximum absolute atomic E-state index is 12.6. The lowest BCUT2D eigenvalue weighted by Crippen LogP contribution is -2.27. The smallest absolute Gasteiger partial charge is 0.272 e. The Morgan fingerprint density at radius 3 is 2.38 bits per heavy atom. The molecule has 0 aliphatic heterocycles. The normalized spacial score (nSPS) is 11.0. The Labute approximate surface area is 226 Å². The first-order valence-corrected chi connectivity index (χ1v) is 13.3. The number of carbonyl (C=O) groups is 2. The van der Waals surface area contributed by atoms with Crippen LogP contribution in [0.15, 0.2) is 67.0 Å². The number of fused-ring (bicyclic) bond motifs is 1. The third-order valence-electron chi connectivity index (χ3n) is 6.12. The van der Waals surface area contributed by atoms with Gasteiger partial charge in [0.05, 0.1) is 5.69 Å². The second-order valence-corrected chi connectivity index (χ2v) is 9.69. The molecule has 0 atom stereocenters. The Morgan fingerprint density at radius 1 is 0.946 bits per heavy atom. The zero-order valence-corrected chi connectivity index (χ0v) is 22.3. The third kappa shape index (κ3) is 7.31. The van der Waals surface area contributed by atoms with Gasteiger partial charge >= 0.3 is 0 Å². The van der Waals surface area contributed by atoms with Gasteiger partial charge in [-0.25, -0.2) is 0 Å². The number of benzene rings is 2. The minimum absolute atomic E-state index is 0.0417. The van der Waals surface area contributed by atoms with Crippen molar-refractivity contribution in [2.24, 2.45) is 7.05 Å². The maximum Gasteiger partial charge on any atom is 0.272 e. The molecule has 0 saturated carbocycles. The average molecular weight is 540 g/mol. The van der Waals surface area contributed by atoms with E-state index in [1.807, 2.05) is 48.3 Å². The number of anilines is 3. The van der Waals surface area contributed by atoms with E-state index in [0.717, 1.165) is 48.2 Å². The summed E-state index contributed by atoms with van der Waals surface area (Å²) in [5.74, 6) is 0.844. The van der Waals surface area contributed by atoms with Gasteiger partial charge in [-0.3, -0.25) is 9.59 Å². The number of alkyl halides is 2. The van der Waals surface area contributed by atoms with Gasteiger partial charge < -0.3 is 25.1 Å². The molecule has 0 aliphatic carbocycles. The van der Waals surface area contributed by atoms with Crippen LogP contribution < -0.4 is 15.5 Å². The Hall–Kier alpha value is -3.42. The minimum atomic E-state index is -0.216. The summed E-state index contributed by atoms with van der Waals surface area (Å²) >= 11 is 11.8. The molecule has 37 heavy (non-hydrogen) atoms. The molecule has 0 fully saturated rings. The fourth-order valence-electron chi connectivity index (χ4n) is 4.23. The quantitative estimate of drug-likeness (QED) is 0.193. The van der Waals surface area contributed by atoms with Crippen LogP contribution in [0.4, 0.5) is 17.1 Å². The summed E-state index contributed by atoms with van der Waals surface area (Å²) in [6.07, 6.45) is 5.68. The first kappa shape index (κ1) is 26.6. The van der Waals surface area contributed by atoms with Gasteiger partial charge in [0.2, 0.25) is 5.91 Å². The second-order valence-electron chi connectivity index (χ2n) is 8.94. The molecule has 4 aromatic rings. The van der Waals surface area contributed by atoms with Crippen molar-refractivity contribution in [1.82, 2.24) is 9.55 Å². The highest BCUT2D eigenvalue weighted by atomic mass is 35.5. The van der Waals surface area contributed by atoms with Crippen molar-refractivity contribution in [3.8, 4) is 0 Å². The second kappa shape index (κ2) is 12.7. The number of aromatic amines is 1. The summed E-state index contributed by atoms with van der Waals surface area (Å²) in [6, 6.07) is 17.6. The van der Waals surface area contributed by atoms with E-state index in [-0.39, 0.29) is 11.8 Å². The number of H-pyrrole nitrogens is 1. The molecule has 0 radical (unpaired) electrons. The molecule has 0 spiro atoms. The molecule has 4 rings (SSSR count). The van der Waals surface area contributed by atoms with Crippen LogP contribution in [-0.2, 0) is 18.3 Å². The predicted molar refractivity (Wildman–Crippen MR) is 153 cm³/mol. The van der Waals surface area contributed by atoms with Gasteiger partial charge in [0.15, 0.2) is 0 Å². The SMILES string of the molecule is Cn1ccc(NC(=O)c2cc3ccc(NC(=O)CCCc4ccc(N(CCCl)CCCl)cc4)cc3[nH]2)c1. The summed E-state index contributed by atoms with van der Waals surface area (Å²) in [7, 11) is 1.90. The van der Waals surface area contributed by atoms with Gasteiger partial charge in [-0.2, -0.15) is 0 Å². The summed E-state index contributed by atoms with van der Waals surface area (Å²) in [4.78, 5) is 30.4. The number of nitrogens with one attached hydrogen (secondary N) is 3. The van der Waals surface area contributed by atoms with Crippen LogP contribution in [0.3, 0.4) is 0 Å². The molecular weight excluding hydrogens is 509 g/mol. The van der Waals surface area contributed by atoms with E-state index < -0.39 is 0 Å². The van der Waals surface area contributed by atoms with Crippen LogP contribution in [0.25, 0.3) is 10.9 Å². The van der Waals surface area contributed by atoms with Crippen LogP contribution in [0, 0.1) is 0 Å². The molecule has 0 saturated heterocycles. The standard InChI is InChI=1S/C28H31Cl2N5O2/c1-34-14-11-23(19-34)32-28(37)26-17-21-7-8-22(18-25(21)33-26)31-27(36)4-2-3-20-5-9-24(10-6-20)35(15-12-29)16-13-30/h5-11,14,17-19,33H,2-4,12-13,15-16H2,1H3,(H,31,36)(H,32,37). The van der Waals surface area contributed by atoms with Crippen molar-refractivity contribution in [3.05, 3.63) is 78.2 Å². The van der Waals surface area contributed by atoms with Crippen molar-refractivity contribution in [2.45, 2.75) is 19.3 Å². The molecule has 3 N–H and O–H groups in total. The summed E-state index contributed by atoms with van der Waals surface area (Å²) in [5.41, 5.74) is 4.95. The van der Waals surface area contributed by atoms with Crippen LogP contribution in [0.1, 0.15) is 28.9 Å². The number of nitrogens with zero attached hydrogens (tertiary/aromatic N) is 2. The highest BCUT2D eigenvalue weighted by molar-refractivity contribution is 6.18. The van der Waals surface area contributed by atoms with E-state index in [0.29, 0.717) is 29.6 Å². The number of aromatic nitrogens is 2. The van der Waals surface area contributed by atoms with E-state index in [1.165, 1.54) is 5.56 Å². The van der Waals surface area contributed by atoms with Crippen LogP contribution in [0.5, 0.6) is 0 Å². The third-order valence-corrected chi connectivity index (χ3v) is 6.46. The topological polar surface area (TPSA) is 82.2 Å². The minimum Gasteiger partial charge on any atom is -0.369 e. The highest BCUT2D eigenvalue weighted by Crippen LogP contribution is 2.22. The van der Waals surface area contributed by atoms with Gasteiger partial charge in [-0.05, 0) is 54.8 Å². The number of carbonyl (C=O) groups excluding carboxylic acids is 2. The summed E-state index contributed by atoms with van der Waals surface area (Å²) in [5, 5.41) is 6.73. The molecule has 2 aromatic heterocycles. The molecule has 7 nitrogen and oxygen atoms in total. The number of amides is 2. The fraction of sp³-hybridized carbons (Fsp3) is 0.286. The number of aryl methyl sites for hydroxylation is 2. The van der Waals surface area contributed by atoms with E-state index in [4.69, 9.17) is 23.2 Å². The monoisotopic (exact) mass is 539 g/mol. The fourth-order valence-corrected chi connectivity index (χ4v) is 4.63. The van der Waals surface area contributed by atoms with Crippen molar-refractivity contribution >= 4 is 63.0 Å². The molecule has 0 bridgehead atoms. The first-order chi connectivity index (χ1) is 17.9. The lowest BCUT2D eigenvalue weighted by atomic mass is 10.1. The molecule has 9 heteroatoms. The molecule has 2 heterocycles. The number of halogens is 2. The lowest BCUT2D eigenvalue weighted by Gasteiger charge is -2.23. The van der Waals surface area contributed by atoms with Gasteiger partial charge in [0.25, 0.3) is 5.91 Å². The molecule has 0 aliphatic rings. The largest absolute Gasteiger partial charge is 0.369 e. The lowest BCUT2D eigenvalue weighted by molar-refractivity contribution is -0.116. The van der Waals surface area contributed by atoms with Crippen molar-refractivity contribution in [2.75, 3.05) is 40.4 Å². The zero-order chi connectivity index (χ0) is 26.2. The maximum atomic E-state index is 12.6. The summed E-state index contributed by atoms with van der Waals surface area (Å²) < 4.78 is 1.87. The van der Waals surface area contributed by atoms with Gasteiger partial charge in [0.1, 0.15) is 5.69 Å². The van der Waals surface area contributed by atoms with Crippen molar-refractivity contribution in [3.63, 3.8) is 0 Å². The molecule has 2 aromatic carbocycles. The van der Waals surface area contributed by atoms with Crippen molar-refractivity contribution < 1.29 is 9.59 Å². The molecule has 194 valence electrons. The van der Waals surface area contributed by atoms with Gasteiger partial charge in [-0.1, -0.05) is 18.2 Å². The predicted octanol–water partition coefficient (Wildman–Crippen LogP) is 6.00. The zero-order valence-electron chi connectivity index (χ0n) is 20.8.